The minimum atomic E-state index is -1.05. The maximum absolute atomic E-state index is 10.7. The van der Waals surface area contributed by atoms with Gasteiger partial charge >= 0.3 is 0 Å². The van der Waals surface area contributed by atoms with Crippen molar-refractivity contribution in [1.29, 1.82) is 0 Å². The van der Waals surface area contributed by atoms with Gasteiger partial charge < -0.3 is 20.4 Å². The van der Waals surface area contributed by atoms with Crippen LogP contribution in [0, 0.1) is 22.7 Å². The van der Waals surface area contributed by atoms with Gasteiger partial charge in [-0.3, -0.25) is 0 Å². The predicted molar refractivity (Wildman–Crippen MR) is 70.2 cm³/mol. The highest BCUT2D eigenvalue weighted by molar-refractivity contribution is 5.44. The first-order valence-electron chi connectivity index (χ1n) is 7.12. The van der Waals surface area contributed by atoms with Gasteiger partial charge in [0.05, 0.1) is 24.2 Å². The number of hydrogen-bond donors (Lipinski definition) is 4. The van der Waals surface area contributed by atoms with Crippen LogP contribution in [0.2, 0.25) is 0 Å². The largest absolute Gasteiger partial charge is 0.395 e. The summed E-state index contributed by atoms with van der Waals surface area (Å²) in [6.45, 7) is 6.06. The van der Waals surface area contributed by atoms with E-state index in [4.69, 9.17) is 0 Å². The van der Waals surface area contributed by atoms with Gasteiger partial charge in [0, 0.05) is 0 Å². The Morgan fingerprint density at radius 3 is 2.32 bits per heavy atom. The molecular weight excluding hydrogens is 244 g/mol. The molecule has 0 aromatic carbocycles. The molecular formula is C15H24O4. The molecule has 6 atom stereocenters. The van der Waals surface area contributed by atoms with Crippen molar-refractivity contribution >= 4 is 0 Å². The van der Waals surface area contributed by atoms with Crippen LogP contribution >= 0.6 is 0 Å². The highest BCUT2D eigenvalue weighted by Crippen LogP contribution is 2.63. The number of rotatable bonds is 1. The molecule has 3 rings (SSSR count). The van der Waals surface area contributed by atoms with E-state index in [0.717, 1.165) is 18.4 Å². The molecule has 0 radical (unpaired) electrons. The molecule has 4 N–H and O–H groups in total. The first kappa shape index (κ1) is 13.6. The molecule has 4 nitrogen and oxygen atoms in total. The summed E-state index contributed by atoms with van der Waals surface area (Å²) in [5, 5.41) is 40.5. The number of aliphatic hydroxyl groups excluding tert-OH is 4. The van der Waals surface area contributed by atoms with E-state index < -0.39 is 23.7 Å². The molecule has 0 amide bonds. The van der Waals surface area contributed by atoms with E-state index >= 15 is 0 Å². The van der Waals surface area contributed by atoms with E-state index in [0.29, 0.717) is 5.57 Å². The Morgan fingerprint density at radius 2 is 1.74 bits per heavy atom. The molecule has 4 heteroatoms. The lowest BCUT2D eigenvalue weighted by atomic mass is 9.49. The molecule has 19 heavy (non-hydrogen) atoms. The van der Waals surface area contributed by atoms with Crippen molar-refractivity contribution in [2.45, 2.75) is 51.9 Å². The van der Waals surface area contributed by atoms with Gasteiger partial charge in [0.2, 0.25) is 0 Å². The lowest BCUT2D eigenvalue weighted by Gasteiger charge is -2.60. The molecule has 2 unspecified atom stereocenters. The van der Waals surface area contributed by atoms with Crippen LogP contribution in [0.25, 0.3) is 0 Å². The van der Waals surface area contributed by atoms with Crippen LogP contribution in [0.15, 0.2) is 11.1 Å². The van der Waals surface area contributed by atoms with Crippen LogP contribution in [0.1, 0.15) is 33.6 Å². The number of hydrogen-bond acceptors (Lipinski definition) is 4. The highest BCUT2D eigenvalue weighted by Gasteiger charge is 2.67. The molecule has 108 valence electrons. The number of fused-ring (bicyclic) bond motifs is 2. The van der Waals surface area contributed by atoms with E-state index in [1.165, 1.54) is 0 Å². The van der Waals surface area contributed by atoms with Gasteiger partial charge in [-0.2, -0.15) is 0 Å². The second-order valence-corrected chi connectivity index (χ2v) is 7.47. The van der Waals surface area contributed by atoms with Gasteiger partial charge in [-0.25, -0.2) is 0 Å². The Morgan fingerprint density at radius 1 is 1.11 bits per heavy atom. The van der Waals surface area contributed by atoms with Crippen molar-refractivity contribution in [2.24, 2.45) is 22.7 Å². The summed E-state index contributed by atoms with van der Waals surface area (Å²) in [6.07, 6.45) is -0.850. The van der Waals surface area contributed by atoms with Crippen LogP contribution in [0.3, 0.4) is 0 Å². The van der Waals surface area contributed by atoms with Crippen LogP contribution < -0.4 is 0 Å². The molecule has 2 fully saturated rings. The summed E-state index contributed by atoms with van der Waals surface area (Å²) in [5.41, 5.74) is 0.904. The summed E-state index contributed by atoms with van der Waals surface area (Å²) >= 11 is 0. The number of aliphatic hydroxyl groups is 4. The van der Waals surface area contributed by atoms with E-state index in [-0.39, 0.29) is 23.9 Å². The highest BCUT2D eigenvalue weighted by atomic mass is 16.3. The SMILES string of the molecule is CC1=C2[C@H](O)[C@H](O)[C@@]2(CO)[C@@H](O)C2CC(C)(C)CC12. The van der Waals surface area contributed by atoms with Gasteiger partial charge in [-0.1, -0.05) is 19.4 Å². The summed E-state index contributed by atoms with van der Waals surface area (Å²) in [5.74, 6) is 0.342. The third kappa shape index (κ3) is 1.43. The predicted octanol–water partition coefficient (Wildman–Crippen LogP) is 0.444. The third-order valence-corrected chi connectivity index (χ3v) is 5.88. The van der Waals surface area contributed by atoms with Crippen molar-refractivity contribution < 1.29 is 20.4 Å². The summed E-state index contributed by atoms with van der Waals surface area (Å²) < 4.78 is 0. The first-order valence-corrected chi connectivity index (χ1v) is 7.12. The van der Waals surface area contributed by atoms with Crippen molar-refractivity contribution in [2.75, 3.05) is 6.61 Å². The molecule has 0 heterocycles. The zero-order valence-corrected chi connectivity index (χ0v) is 11.8. The average molecular weight is 268 g/mol. The normalized spacial score (nSPS) is 51.6. The lowest BCUT2D eigenvalue weighted by molar-refractivity contribution is -0.196. The summed E-state index contributed by atoms with van der Waals surface area (Å²) in [4.78, 5) is 0. The second kappa shape index (κ2) is 3.82. The zero-order chi connectivity index (χ0) is 14.2. The van der Waals surface area contributed by atoms with Gasteiger partial charge in [0.25, 0.3) is 0 Å². The Labute approximate surface area is 113 Å². The third-order valence-electron chi connectivity index (χ3n) is 5.88. The molecule has 0 bridgehead atoms. The van der Waals surface area contributed by atoms with E-state index in [1.54, 1.807) is 0 Å². The maximum Gasteiger partial charge on any atom is 0.103 e. The Balaban J connectivity index is 2.09. The van der Waals surface area contributed by atoms with Crippen molar-refractivity contribution in [3.63, 3.8) is 0 Å². The second-order valence-electron chi connectivity index (χ2n) is 7.47. The summed E-state index contributed by atoms with van der Waals surface area (Å²) in [7, 11) is 0. The maximum atomic E-state index is 10.7. The smallest absolute Gasteiger partial charge is 0.103 e. The Kier molecular flexibility index (Phi) is 2.72. The fourth-order valence-corrected chi connectivity index (χ4v) is 4.98. The topological polar surface area (TPSA) is 80.9 Å². The molecule has 3 aliphatic rings. The van der Waals surface area contributed by atoms with E-state index in [1.807, 2.05) is 6.92 Å². The van der Waals surface area contributed by atoms with Crippen molar-refractivity contribution in [1.82, 2.24) is 0 Å². The molecule has 0 aliphatic heterocycles. The Hall–Kier alpha value is -0.420. The Bertz CT molecular complexity index is 441. The number of allylic oxidation sites excluding steroid dienone is 1. The molecule has 0 aromatic rings. The zero-order valence-electron chi connectivity index (χ0n) is 11.8. The molecule has 2 saturated carbocycles. The molecule has 0 aromatic heterocycles. The summed E-state index contributed by atoms with van der Waals surface area (Å²) in [6, 6.07) is 0. The van der Waals surface area contributed by atoms with E-state index in [2.05, 4.69) is 13.8 Å². The fraction of sp³-hybridized carbons (Fsp3) is 0.867. The van der Waals surface area contributed by atoms with Crippen LogP contribution in [0.5, 0.6) is 0 Å². The van der Waals surface area contributed by atoms with Crippen molar-refractivity contribution in [3.8, 4) is 0 Å². The molecule has 0 saturated heterocycles. The first-order chi connectivity index (χ1) is 8.76. The lowest BCUT2D eigenvalue weighted by Crippen LogP contribution is -2.69. The molecule has 3 aliphatic carbocycles. The molecule has 0 spiro atoms. The van der Waals surface area contributed by atoms with Crippen LogP contribution in [-0.4, -0.2) is 45.3 Å². The van der Waals surface area contributed by atoms with Crippen LogP contribution in [-0.2, 0) is 0 Å². The standard InChI is InChI=1S/C15H24O4/c1-7-8-4-14(2,3)5-9(8)12(18)15(6-16)10(7)11(17)13(15)19/h8-9,11-13,16-19H,4-6H2,1-3H3/t8?,9?,11-,12-,13-,15+/m0/s1. The van der Waals surface area contributed by atoms with E-state index in [9.17, 15) is 20.4 Å². The minimum absolute atomic E-state index is 0.0769. The van der Waals surface area contributed by atoms with Gasteiger partial charge in [0.1, 0.15) is 6.10 Å². The fourth-order valence-electron chi connectivity index (χ4n) is 4.98. The quantitative estimate of drug-likeness (QED) is 0.520. The average Bonchev–Trinajstić information content (AvgIpc) is 2.68. The monoisotopic (exact) mass is 268 g/mol. The van der Waals surface area contributed by atoms with Crippen molar-refractivity contribution in [3.05, 3.63) is 11.1 Å². The van der Waals surface area contributed by atoms with Gasteiger partial charge in [-0.05, 0) is 42.6 Å². The van der Waals surface area contributed by atoms with Gasteiger partial charge in [0.15, 0.2) is 0 Å². The minimum Gasteiger partial charge on any atom is -0.395 e. The van der Waals surface area contributed by atoms with Gasteiger partial charge in [-0.15, -0.1) is 0 Å². The van der Waals surface area contributed by atoms with Crippen LogP contribution in [0.4, 0.5) is 0 Å².